The Balaban J connectivity index is 1.79. The van der Waals surface area contributed by atoms with Gasteiger partial charge in [0.15, 0.2) is 0 Å². The molecule has 2 aromatic carbocycles. The summed E-state index contributed by atoms with van der Waals surface area (Å²) < 4.78 is 86.1. The van der Waals surface area contributed by atoms with E-state index in [1.165, 1.54) is 6.92 Å². The first-order valence-electron chi connectivity index (χ1n) is 12.0. The molecule has 0 spiro atoms. The van der Waals surface area contributed by atoms with Crippen LogP contribution >= 0.6 is 0 Å². The van der Waals surface area contributed by atoms with E-state index in [0.717, 1.165) is 5.56 Å². The van der Waals surface area contributed by atoms with Crippen molar-refractivity contribution in [2.75, 3.05) is 19.6 Å². The van der Waals surface area contributed by atoms with Gasteiger partial charge in [-0.3, -0.25) is 4.79 Å². The van der Waals surface area contributed by atoms with Crippen molar-refractivity contribution in [2.24, 2.45) is 0 Å². The zero-order valence-corrected chi connectivity index (χ0v) is 20.5. The first-order chi connectivity index (χ1) is 17.8. The van der Waals surface area contributed by atoms with E-state index in [2.05, 4.69) is 5.32 Å². The van der Waals surface area contributed by atoms with E-state index in [1.54, 1.807) is 23.1 Å². The zero-order valence-electron chi connectivity index (χ0n) is 20.5. The summed E-state index contributed by atoms with van der Waals surface area (Å²) in [7, 11) is 0. The minimum atomic E-state index is -4.96. The first kappa shape index (κ1) is 29.3. The van der Waals surface area contributed by atoms with Gasteiger partial charge in [-0.25, -0.2) is 4.79 Å². The highest BCUT2D eigenvalue weighted by atomic mass is 19.4. The third-order valence-electron chi connectivity index (χ3n) is 6.43. The van der Waals surface area contributed by atoms with Crippen molar-refractivity contribution in [3.8, 4) is 0 Å². The molecule has 1 aliphatic rings. The lowest BCUT2D eigenvalue weighted by Gasteiger charge is -2.40. The molecule has 1 aliphatic heterocycles. The Hall–Kier alpha value is -3.28. The van der Waals surface area contributed by atoms with Crippen LogP contribution in [0.25, 0.3) is 0 Å². The normalized spacial score (nSPS) is 19.2. The molecule has 2 aromatic rings. The van der Waals surface area contributed by atoms with Gasteiger partial charge in [0.25, 0.3) is 0 Å². The molecule has 208 valence electrons. The maximum absolute atomic E-state index is 13.3. The van der Waals surface area contributed by atoms with E-state index >= 15 is 0 Å². The largest absolute Gasteiger partial charge is 0.465 e. The molecule has 1 fully saturated rings. The molecule has 0 saturated carbocycles. The van der Waals surface area contributed by atoms with Crippen molar-refractivity contribution in [1.29, 1.82) is 0 Å². The number of nitrogens with zero attached hydrogens (tertiary/aromatic N) is 1. The summed E-state index contributed by atoms with van der Waals surface area (Å²) in [5.41, 5.74) is -2.25. The van der Waals surface area contributed by atoms with Crippen LogP contribution in [0.15, 0.2) is 48.5 Å². The van der Waals surface area contributed by atoms with Gasteiger partial charge in [0.1, 0.15) is 0 Å². The van der Waals surface area contributed by atoms with Crippen molar-refractivity contribution in [3.63, 3.8) is 0 Å². The molecule has 0 aliphatic carbocycles. The number of amides is 2. The number of hydrogen-bond acceptors (Lipinski definition) is 3. The number of carbonyl (C=O) groups is 2. The Labute approximate surface area is 215 Å². The van der Waals surface area contributed by atoms with Crippen LogP contribution in [0.1, 0.15) is 60.5 Å². The maximum atomic E-state index is 13.3. The molecule has 2 amide bonds. The van der Waals surface area contributed by atoms with E-state index in [4.69, 9.17) is 9.84 Å². The minimum absolute atomic E-state index is 0.0824. The minimum Gasteiger partial charge on any atom is -0.465 e. The van der Waals surface area contributed by atoms with E-state index in [0.29, 0.717) is 25.0 Å². The fourth-order valence-electron chi connectivity index (χ4n) is 4.49. The molecule has 0 bridgehead atoms. The molecule has 3 atom stereocenters. The SMILES string of the molecule is C[C@@H](OC1CCN(C(=O)CCCNC(=O)O)CC1c1ccccc1)c1cc(C(F)(F)F)cc(C(F)(F)F)c1. The summed E-state index contributed by atoms with van der Waals surface area (Å²) in [6, 6.07) is 10.4. The summed E-state index contributed by atoms with van der Waals surface area (Å²) >= 11 is 0. The van der Waals surface area contributed by atoms with Crippen molar-refractivity contribution in [1.82, 2.24) is 10.2 Å². The van der Waals surface area contributed by atoms with Crippen LogP contribution < -0.4 is 5.32 Å². The summed E-state index contributed by atoms with van der Waals surface area (Å²) in [4.78, 5) is 24.9. The van der Waals surface area contributed by atoms with Crippen molar-refractivity contribution in [2.45, 2.75) is 56.7 Å². The number of benzene rings is 2. The second kappa shape index (κ2) is 12.1. The molecule has 0 aromatic heterocycles. The lowest BCUT2D eigenvalue weighted by Crippen LogP contribution is -2.46. The Kier molecular flexibility index (Phi) is 9.29. The number of hydrogen-bond donors (Lipinski definition) is 2. The Bertz CT molecular complexity index is 1070. The third kappa shape index (κ3) is 7.86. The second-order valence-corrected chi connectivity index (χ2v) is 9.14. The van der Waals surface area contributed by atoms with Gasteiger partial charge in [-0.1, -0.05) is 30.3 Å². The standard InChI is InChI=1S/C26H28F6N2O4/c1-16(18-12-19(25(27,28)29)14-20(13-18)26(30,31)32)38-22-9-11-34(23(35)8-5-10-33-24(36)37)15-21(22)17-6-3-2-4-7-17/h2-4,6-7,12-14,16,21-22,33H,5,8-11,15H2,1H3,(H,36,37)/t16-,21?,22?/m1/s1. The molecular formula is C26H28F6N2O4. The van der Waals surface area contributed by atoms with Crippen LogP contribution in [0.2, 0.25) is 0 Å². The number of rotatable bonds is 8. The van der Waals surface area contributed by atoms with Gasteiger partial charge in [0, 0.05) is 32.0 Å². The third-order valence-corrected chi connectivity index (χ3v) is 6.43. The topological polar surface area (TPSA) is 78.9 Å². The smallest absolute Gasteiger partial charge is 0.416 e. The van der Waals surface area contributed by atoms with Crippen molar-refractivity contribution >= 4 is 12.0 Å². The van der Waals surface area contributed by atoms with Gasteiger partial charge in [0.2, 0.25) is 5.91 Å². The number of carbonyl (C=O) groups excluding carboxylic acids is 1. The Morgan fingerprint density at radius 2 is 1.66 bits per heavy atom. The second-order valence-electron chi connectivity index (χ2n) is 9.14. The molecule has 38 heavy (non-hydrogen) atoms. The molecule has 2 unspecified atom stereocenters. The van der Waals surface area contributed by atoms with Gasteiger partial charge in [-0.05, 0) is 49.1 Å². The molecule has 2 N–H and O–H groups in total. The molecule has 12 heteroatoms. The fraction of sp³-hybridized carbons (Fsp3) is 0.462. The summed E-state index contributed by atoms with van der Waals surface area (Å²) in [5.74, 6) is -0.557. The van der Waals surface area contributed by atoms with Gasteiger partial charge in [-0.15, -0.1) is 0 Å². The molecular weight excluding hydrogens is 518 g/mol. The molecule has 6 nitrogen and oxygen atoms in total. The number of halogens is 6. The average molecular weight is 547 g/mol. The summed E-state index contributed by atoms with van der Waals surface area (Å²) in [6.45, 7) is 2.05. The predicted molar refractivity (Wildman–Crippen MR) is 125 cm³/mol. The van der Waals surface area contributed by atoms with E-state index < -0.39 is 41.8 Å². The lowest BCUT2D eigenvalue weighted by atomic mass is 9.87. The van der Waals surface area contributed by atoms with Gasteiger partial charge < -0.3 is 20.1 Å². The Morgan fingerprint density at radius 3 is 2.21 bits per heavy atom. The van der Waals surface area contributed by atoms with Crippen LogP contribution in [0.3, 0.4) is 0 Å². The first-order valence-corrected chi connectivity index (χ1v) is 12.0. The fourth-order valence-corrected chi connectivity index (χ4v) is 4.49. The van der Waals surface area contributed by atoms with E-state index in [1.807, 2.05) is 12.1 Å². The average Bonchev–Trinajstić information content (AvgIpc) is 2.85. The quantitative estimate of drug-likeness (QED) is 0.304. The number of piperidine rings is 1. The highest BCUT2D eigenvalue weighted by Crippen LogP contribution is 2.39. The summed E-state index contributed by atoms with van der Waals surface area (Å²) in [6.07, 6.45) is -12.0. The van der Waals surface area contributed by atoms with Crippen LogP contribution in [0.5, 0.6) is 0 Å². The number of ether oxygens (including phenoxy) is 1. The number of carboxylic acid groups (broad SMARTS) is 1. The number of likely N-dealkylation sites (tertiary alicyclic amines) is 1. The van der Waals surface area contributed by atoms with Crippen LogP contribution in [0.4, 0.5) is 31.1 Å². The molecule has 1 saturated heterocycles. The number of nitrogens with one attached hydrogen (secondary N) is 1. The van der Waals surface area contributed by atoms with Crippen LogP contribution in [0, 0.1) is 0 Å². The maximum Gasteiger partial charge on any atom is 0.416 e. The Morgan fingerprint density at radius 1 is 1.05 bits per heavy atom. The molecule has 1 heterocycles. The van der Waals surface area contributed by atoms with Crippen molar-refractivity contribution in [3.05, 3.63) is 70.8 Å². The highest BCUT2D eigenvalue weighted by molar-refractivity contribution is 5.76. The predicted octanol–water partition coefficient (Wildman–Crippen LogP) is 6.23. The number of alkyl halides is 6. The van der Waals surface area contributed by atoms with Gasteiger partial charge in [-0.2, -0.15) is 26.3 Å². The van der Waals surface area contributed by atoms with Crippen LogP contribution in [-0.4, -0.2) is 47.7 Å². The monoisotopic (exact) mass is 546 g/mol. The zero-order chi connectivity index (χ0) is 28.1. The molecule has 0 radical (unpaired) electrons. The van der Waals surface area contributed by atoms with Gasteiger partial charge >= 0.3 is 18.4 Å². The highest BCUT2D eigenvalue weighted by Gasteiger charge is 2.38. The summed E-state index contributed by atoms with van der Waals surface area (Å²) in [5, 5.41) is 10.8. The van der Waals surface area contributed by atoms with Gasteiger partial charge in [0.05, 0.1) is 23.3 Å². The van der Waals surface area contributed by atoms with Crippen LogP contribution in [-0.2, 0) is 21.9 Å². The van der Waals surface area contributed by atoms with Crippen molar-refractivity contribution < 1.29 is 45.8 Å². The lowest BCUT2D eigenvalue weighted by molar-refractivity contribution is -0.143. The molecule has 3 rings (SSSR count). The van der Waals surface area contributed by atoms with E-state index in [9.17, 15) is 35.9 Å². The van der Waals surface area contributed by atoms with E-state index in [-0.39, 0.29) is 49.5 Å².